The number of benzene rings is 1. The van der Waals surface area contributed by atoms with Crippen molar-refractivity contribution in [3.63, 3.8) is 0 Å². The zero-order valence-corrected chi connectivity index (χ0v) is 18.3. The van der Waals surface area contributed by atoms with Gasteiger partial charge in [-0.05, 0) is 76.8 Å². The predicted molar refractivity (Wildman–Crippen MR) is 118 cm³/mol. The average molecular weight is 403 g/mol. The summed E-state index contributed by atoms with van der Waals surface area (Å²) in [6, 6.07) is 8.42. The van der Waals surface area contributed by atoms with Crippen molar-refractivity contribution < 1.29 is 14.3 Å². The molecular weight excluding hydrogens is 364 g/mol. The Balaban J connectivity index is 1.44. The van der Waals surface area contributed by atoms with Gasteiger partial charge in [0.05, 0.1) is 6.61 Å². The number of nitrogens with zero attached hydrogens (tertiary/aromatic N) is 1. The molecule has 0 aromatic heterocycles. The molecule has 1 heterocycles. The molecule has 1 aromatic rings. The molecule has 162 valence electrons. The van der Waals surface area contributed by atoms with Gasteiger partial charge >= 0.3 is 0 Å². The van der Waals surface area contributed by atoms with E-state index < -0.39 is 5.60 Å². The van der Waals surface area contributed by atoms with Gasteiger partial charge in [0.2, 0.25) is 0 Å². The van der Waals surface area contributed by atoms with E-state index in [1.807, 2.05) is 31.2 Å². The van der Waals surface area contributed by atoms with Crippen LogP contribution >= 0.6 is 0 Å². The van der Waals surface area contributed by atoms with Crippen molar-refractivity contribution in [2.75, 3.05) is 31.6 Å². The predicted octanol–water partition coefficient (Wildman–Crippen LogP) is 5.01. The first-order valence-electron chi connectivity index (χ1n) is 11.6. The Morgan fingerprint density at radius 1 is 1.14 bits per heavy atom. The summed E-state index contributed by atoms with van der Waals surface area (Å²) in [7, 11) is 0. The largest absolute Gasteiger partial charge is 0.494 e. The normalized spacial score (nSPS) is 22.2. The van der Waals surface area contributed by atoms with Crippen LogP contribution in [0.25, 0.3) is 0 Å². The van der Waals surface area contributed by atoms with Crippen LogP contribution in [0.1, 0.15) is 71.6 Å². The summed E-state index contributed by atoms with van der Waals surface area (Å²) in [5.74, 6) is 0.843. The van der Waals surface area contributed by atoms with Crippen molar-refractivity contribution in [2.45, 2.75) is 83.3 Å². The number of rotatable bonds is 9. The maximum Gasteiger partial charge on any atom is 0.256 e. The summed E-state index contributed by atoms with van der Waals surface area (Å²) >= 11 is 0. The SMILES string of the molecule is CCOC1(C(=O)Nc2ccc(OCCCN3CCCC[C@@H]3C)cc2)CCCCC1. The van der Waals surface area contributed by atoms with Gasteiger partial charge in [-0.2, -0.15) is 0 Å². The van der Waals surface area contributed by atoms with Crippen molar-refractivity contribution in [1.29, 1.82) is 0 Å². The lowest BCUT2D eigenvalue weighted by Crippen LogP contribution is -2.47. The number of carbonyl (C=O) groups excluding carboxylic acids is 1. The Morgan fingerprint density at radius 2 is 1.90 bits per heavy atom. The number of likely N-dealkylation sites (tertiary alicyclic amines) is 1. The Morgan fingerprint density at radius 3 is 2.59 bits per heavy atom. The maximum absolute atomic E-state index is 12.9. The van der Waals surface area contributed by atoms with E-state index >= 15 is 0 Å². The third kappa shape index (κ3) is 6.19. The standard InChI is InChI=1S/C24H38N2O3/c1-3-29-24(15-6-4-7-16-24)23(27)25-21-11-13-22(14-12-21)28-19-9-18-26-17-8-5-10-20(26)2/h11-14,20H,3-10,15-19H2,1-2H3,(H,25,27)/t20-/m0/s1. The summed E-state index contributed by atoms with van der Waals surface area (Å²) in [6.07, 6.45) is 9.95. The molecule has 29 heavy (non-hydrogen) atoms. The summed E-state index contributed by atoms with van der Waals surface area (Å²) in [5, 5.41) is 3.05. The lowest BCUT2D eigenvalue weighted by atomic mass is 9.83. The molecule has 5 heteroatoms. The second kappa shape index (κ2) is 11.0. The topological polar surface area (TPSA) is 50.8 Å². The zero-order chi connectivity index (χ0) is 20.5. The van der Waals surface area contributed by atoms with Crippen LogP contribution < -0.4 is 10.1 Å². The van der Waals surface area contributed by atoms with Gasteiger partial charge in [0, 0.05) is 24.9 Å². The van der Waals surface area contributed by atoms with Gasteiger partial charge in [-0.3, -0.25) is 4.79 Å². The van der Waals surface area contributed by atoms with E-state index in [4.69, 9.17) is 9.47 Å². The molecule has 1 saturated carbocycles. The van der Waals surface area contributed by atoms with Crippen LogP contribution in [-0.2, 0) is 9.53 Å². The van der Waals surface area contributed by atoms with Crippen LogP contribution in [0.4, 0.5) is 5.69 Å². The molecule has 2 aliphatic rings. The molecule has 0 bridgehead atoms. The van der Waals surface area contributed by atoms with Gasteiger partial charge in [0.25, 0.3) is 5.91 Å². The minimum Gasteiger partial charge on any atom is -0.494 e. The van der Waals surface area contributed by atoms with Gasteiger partial charge in [0.15, 0.2) is 0 Å². The van der Waals surface area contributed by atoms with E-state index in [9.17, 15) is 4.79 Å². The van der Waals surface area contributed by atoms with Crippen molar-refractivity contribution in [3.8, 4) is 5.75 Å². The van der Waals surface area contributed by atoms with Gasteiger partial charge in [-0.1, -0.05) is 25.7 Å². The van der Waals surface area contributed by atoms with E-state index in [1.165, 1.54) is 32.2 Å². The van der Waals surface area contributed by atoms with E-state index in [1.54, 1.807) is 0 Å². The fourth-order valence-corrected chi connectivity index (χ4v) is 4.66. The molecule has 0 unspecified atom stereocenters. The maximum atomic E-state index is 12.9. The van der Waals surface area contributed by atoms with Crippen molar-refractivity contribution in [1.82, 2.24) is 4.90 Å². The van der Waals surface area contributed by atoms with E-state index in [0.717, 1.165) is 56.7 Å². The molecule has 0 radical (unpaired) electrons. The molecule has 1 aliphatic carbocycles. The second-order valence-electron chi connectivity index (χ2n) is 8.55. The lowest BCUT2D eigenvalue weighted by molar-refractivity contribution is -0.145. The van der Waals surface area contributed by atoms with Crippen molar-refractivity contribution >= 4 is 11.6 Å². The fraction of sp³-hybridized carbons (Fsp3) is 0.708. The Hall–Kier alpha value is -1.59. The highest BCUT2D eigenvalue weighted by Gasteiger charge is 2.40. The molecular formula is C24H38N2O3. The Bertz CT molecular complexity index is 620. The van der Waals surface area contributed by atoms with Crippen LogP contribution in [0.2, 0.25) is 0 Å². The summed E-state index contributed by atoms with van der Waals surface area (Å²) in [6.45, 7) is 7.91. The molecule has 1 aliphatic heterocycles. The molecule has 1 atom stereocenters. The van der Waals surface area contributed by atoms with E-state index in [0.29, 0.717) is 12.6 Å². The molecule has 0 spiro atoms. The second-order valence-corrected chi connectivity index (χ2v) is 8.55. The van der Waals surface area contributed by atoms with E-state index in [2.05, 4.69) is 17.1 Å². The number of amides is 1. The number of anilines is 1. The molecule has 1 aromatic carbocycles. The molecule has 5 nitrogen and oxygen atoms in total. The van der Waals surface area contributed by atoms with Crippen LogP contribution in [0.3, 0.4) is 0 Å². The highest BCUT2D eigenvalue weighted by molar-refractivity contribution is 5.97. The number of nitrogens with one attached hydrogen (secondary N) is 1. The molecule has 1 N–H and O–H groups in total. The highest BCUT2D eigenvalue weighted by atomic mass is 16.5. The van der Waals surface area contributed by atoms with Crippen LogP contribution in [-0.4, -0.2) is 48.8 Å². The van der Waals surface area contributed by atoms with Crippen LogP contribution in [0.5, 0.6) is 5.75 Å². The highest BCUT2D eigenvalue weighted by Crippen LogP contribution is 2.33. The number of hydrogen-bond acceptors (Lipinski definition) is 4. The summed E-state index contributed by atoms with van der Waals surface area (Å²) in [5.41, 5.74) is 0.141. The first kappa shape index (κ1) is 22.1. The van der Waals surface area contributed by atoms with E-state index in [-0.39, 0.29) is 5.91 Å². The molecule has 1 amide bonds. The smallest absolute Gasteiger partial charge is 0.256 e. The third-order valence-electron chi connectivity index (χ3n) is 6.41. The average Bonchev–Trinajstić information content (AvgIpc) is 2.74. The lowest BCUT2D eigenvalue weighted by Gasteiger charge is -2.35. The first-order valence-corrected chi connectivity index (χ1v) is 11.6. The number of hydrogen-bond donors (Lipinski definition) is 1. The molecule has 3 rings (SSSR count). The molecule has 2 fully saturated rings. The van der Waals surface area contributed by atoms with Gasteiger partial charge in [0.1, 0.15) is 11.4 Å². The minimum atomic E-state index is -0.659. The van der Waals surface area contributed by atoms with Gasteiger partial charge in [-0.15, -0.1) is 0 Å². The van der Waals surface area contributed by atoms with Crippen LogP contribution in [0, 0.1) is 0 Å². The Labute approximate surface area is 176 Å². The van der Waals surface area contributed by atoms with Crippen molar-refractivity contribution in [2.24, 2.45) is 0 Å². The summed E-state index contributed by atoms with van der Waals surface area (Å²) < 4.78 is 11.8. The number of carbonyl (C=O) groups is 1. The third-order valence-corrected chi connectivity index (χ3v) is 6.41. The number of ether oxygens (including phenoxy) is 2. The first-order chi connectivity index (χ1) is 14.1. The fourth-order valence-electron chi connectivity index (χ4n) is 4.66. The van der Waals surface area contributed by atoms with Crippen molar-refractivity contribution in [3.05, 3.63) is 24.3 Å². The Kier molecular flexibility index (Phi) is 8.37. The zero-order valence-electron chi connectivity index (χ0n) is 18.3. The quantitative estimate of drug-likeness (QED) is 0.590. The monoisotopic (exact) mass is 402 g/mol. The van der Waals surface area contributed by atoms with Gasteiger partial charge < -0.3 is 19.7 Å². The summed E-state index contributed by atoms with van der Waals surface area (Å²) in [4.78, 5) is 15.5. The van der Waals surface area contributed by atoms with Crippen LogP contribution in [0.15, 0.2) is 24.3 Å². The minimum absolute atomic E-state index is 0.0108. The number of piperidine rings is 1. The van der Waals surface area contributed by atoms with Gasteiger partial charge in [-0.25, -0.2) is 0 Å². The molecule has 1 saturated heterocycles.